The molecule has 0 spiro atoms. The summed E-state index contributed by atoms with van der Waals surface area (Å²) in [5, 5.41) is 1.80. The first-order chi connectivity index (χ1) is 8.92. The van der Waals surface area contributed by atoms with E-state index >= 15 is 0 Å². The van der Waals surface area contributed by atoms with Gasteiger partial charge in [-0.2, -0.15) is 39.5 Å². The summed E-state index contributed by atoms with van der Waals surface area (Å²) in [6.07, 6.45) is -8.80. The molecule has 0 aromatic heterocycles. The van der Waals surface area contributed by atoms with E-state index in [9.17, 15) is 47.9 Å². The van der Waals surface area contributed by atoms with Gasteiger partial charge in [0.05, 0.1) is 6.10 Å². The van der Waals surface area contributed by atoms with Crippen molar-refractivity contribution >= 4 is 10.0 Å². The lowest BCUT2D eigenvalue weighted by atomic mass is 10.1. The lowest BCUT2D eigenvalue weighted by Gasteiger charge is -2.33. The monoisotopic (exact) mass is 357 g/mol. The highest BCUT2D eigenvalue weighted by Gasteiger charge is 2.85. The van der Waals surface area contributed by atoms with Gasteiger partial charge in [-0.15, -0.1) is 0 Å². The number of sulfonamides is 1. The van der Waals surface area contributed by atoms with E-state index in [0.717, 1.165) is 6.92 Å². The van der Waals surface area contributed by atoms with Crippen LogP contribution in [0.2, 0.25) is 0 Å². The topological polar surface area (TPSA) is 66.4 Å². The number of rotatable bonds is 6. The fourth-order valence-corrected chi connectivity index (χ4v) is 1.96. The minimum Gasteiger partial charge on any atom is -0.392 e. The van der Waals surface area contributed by atoms with E-state index in [1.807, 2.05) is 0 Å². The molecule has 0 rings (SSSR count). The summed E-state index contributed by atoms with van der Waals surface area (Å²) >= 11 is 0. The fraction of sp³-hybridized carbons (Fsp3) is 1.00. The molecule has 0 aromatic rings. The first kappa shape index (κ1) is 20.2. The van der Waals surface area contributed by atoms with Crippen molar-refractivity contribution in [2.75, 3.05) is 6.54 Å². The molecule has 0 aliphatic heterocycles. The lowest BCUT2D eigenvalue weighted by molar-refractivity contribution is -0.382. The van der Waals surface area contributed by atoms with Gasteiger partial charge in [-0.3, -0.25) is 0 Å². The standard InChI is InChI=1S/C7H8F9NO3S/c1-3(18)2-17-21(19,20)7(15,16)5(10,11)4(8,9)6(12,13)14/h3,17-18H,2H2,1H3. The second kappa shape index (κ2) is 5.46. The molecule has 0 aliphatic rings. The van der Waals surface area contributed by atoms with Gasteiger partial charge in [0.2, 0.25) is 0 Å². The van der Waals surface area contributed by atoms with Crippen LogP contribution in [-0.2, 0) is 10.0 Å². The summed E-state index contributed by atoms with van der Waals surface area (Å²) in [4.78, 5) is 0. The van der Waals surface area contributed by atoms with Crippen LogP contribution in [-0.4, -0.2) is 49.4 Å². The van der Waals surface area contributed by atoms with E-state index in [0.29, 0.717) is 4.72 Å². The number of halogens is 9. The zero-order valence-electron chi connectivity index (χ0n) is 9.86. The molecule has 21 heavy (non-hydrogen) atoms. The van der Waals surface area contributed by atoms with Crippen molar-refractivity contribution in [3.05, 3.63) is 0 Å². The van der Waals surface area contributed by atoms with Crippen molar-refractivity contribution in [1.29, 1.82) is 0 Å². The third-order valence-corrected chi connectivity index (χ3v) is 3.50. The molecule has 0 bridgehead atoms. The van der Waals surface area contributed by atoms with Gasteiger partial charge in [0.25, 0.3) is 10.0 Å². The Bertz CT molecular complexity index is 470. The maximum Gasteiger partial charge on any atom is 0.460 e. The number of alkyl halides is 9. The Morgan fingerprint density at radius 3 is 1.62 bits per heavy atom. The van der Waals surface area contributed by atoms with Crippen LogP contribution < -0.4 is 4.72 Å². The Balaban J connectivity index is 5.78. The van der Waals surface area contributed by atoms with Gasteiger partial charge in [-0.05, 0) is 6.92 Å². The first-order valence-electron chi connectivity index (χ1n) is 4.79. The van der Waals surface area contributed by atoms with Gasteiger partial charge in [-0.1, -0.05) is 0 Å². The van der Waals surface area contributed by atoms with Crippen LogP contribution >= 0.6 is 0 Å². The number of aliphatic hydroxyl groups excluding tert-OH is 1. The molecule has 14 heteroatoms. The van der Waals surface area contributed by atoms with Gasteiger partial charge < -0.3 is 5.11 Å². The summed E-state index contributed by atoms with van der Waals surface area (Å²) in [6, 6.07) is 0. The molecule has 0 heterocycles. The van der Waals surface area contributed by atoms with E-state index in [1.54, 1.807) is 0 Å². The van der Waals surface area contributed by atoms with Gasteiger partial charge in [0, 0.05) is 6.54 Å². The minimum absolute atomic E-state index is 0.620. The van der Waals surface area contributed by atoms with Crippen LogP contribution in [0.4, 0.5) is 39.5 Å². The van der Waals surface area contributed by atoms with Crippen LogP contribution in [0.25, 0.3) is 0 Å². The fourth-order valence-electron chi connectivity index (χ4n) is 0.850. The van der Waals surface area contributed by atoms with Crippen LogP contribution in [0.15, 0.2) is 0 Å². The Hall–Kier alpha value is -0.760. The van der Waals surface area contributed by atoms with Gasteiger partial charge >= 0.3 is 23.3 Å². The third kappa shape index (κ3) is 3.36. The summed E-state index contributed by atoms with van der Waals surface area (Å²) in [6.45, 7) is -0.491. The average molecular weight is 357 g/mol. The van der Waals surface area contributed by atoms with E-state index < -0.39 is 45.9 Å². The molecule has 1 atom stereocenters. The molecule has 2 N–H and O–H groups in total. The molecular weight excluding hydrogens is 349 g/mol. The smallest absolute Gasteiger partial charge is 0.392 e. The molecular formula is C7H8F9NO3S. The Morgan fingerprint density at radius 1 is 0.952 bits per heavy atom. The molecule has 4 nitrogen and oxygen atoms in total. The second-order valence-corrected chi connectivity index (χ2v) is 5.67. The molecule has 0 amide bonds. The Morgan fingerprint density at radius 2 is 1.33 bits per heavy atom. The summed E-state index contributed by atoms with van der Waals surface area (Å²) in [7, 11) is -6.63. The normalized spacial score (nSPS) is 16.9. The summed E-state index contributed by atoms with van der Waals surface area (Å²) in [5.41, 5.74) is 0. The van der Waals surface area contributed by atoms with Crippen LogP contribution in [0.1, 0.15) is 6.92 Å². The molecule has 128 valence electrons. The number of nitrogens with one attached hydrogen (secondary N) is 1. The molecule has 0 radical (unpaired) electrons. The molecule has 0 aliphatic carbocycles. The van der Waals surface area contributed by atoms with Crippen LogP contribution in [0.5, 0.6) is 0 Å². The highest BCUT2D eigenvalue weighted by Crippen LogP contribution is 2.54. The SMILES string of the molecule is CC(O)CNS(=O)(=O)C(F)(F)C(F)(F)C(F)(F)C(F)(F)F. The predicted molar refractivity (Wildman–Crippen MR) is 49.5 cm³/mol. The largest absolute Gasteiger partial charge is 0.460 e. The zero-order chi connectivity index (χ0) is 17.5. The Labute approximate surface area is 112 Å². The van der Waals surface area contributed by atoms with E-state index in [-0.39, 0.29) is 0 Å². The van der Waals surface area contributed by atoms with Crippen molar-refractivity contribution in [1.82, 2.24) is 4.72 Å². The molecule has 0 aromatic carbocycles. The maximum absolute atomic E-state index is 13.0. The van der Waals surface area contributed by atoms with Crippen LogP contribution in [0, 0.1) is 0 Å². The van der Waals surface area contributed by atoms with E-state index in [1.165, 1.54) is 0 Å². The molecule has 0 fully saturated rings. The van der Waals surface area contributed by atoms with Crippen molar-refractivity contribution in [2.24, 2.45) is 0 Å². The number of hydrogen-bond acceptors (Lipinski definition) is 3. The number of hydrogen-bond donors (Lipinski definition) is 2. The van der Waals surface area contributed by atoms with Crippen molar-refractivity contribution in [3.8, 4) is 0 Å². The first-order valence-corrected chi connectivity index (χ1v) is 6.27. The molecule has 1 unspecified atom stereocenters. The van der Waals surface area contributed by atoms with Crippen molar-refractivity contribution in [3.63, 3.8) is 0 Å². The molecule has 0 saturated carbocycles. The van der Waals surface area contributed by atoms with E-state index in [2.05, 4.69) is 0 Å². The second-order valence-electron chi connectivity index (χ2n) is 3.86. The summed E-state index contributed by atoms with van der Waals surface area (Å²) < 4.78 is 134. The predicted octanol–water partition coefficient (Wildman–Crippen LogP) is 1.71. The quantitative estimate of drug-likeness (QED) is 0.712. The van der Waals surface area contributed by atoms with Gasteiger partial charge in [0.1, 0.15) is 0 Å². The molecule has 0 saturated heterocycles. The lowest BCUT2D eigenvalue weighted by Crippen LogP contribution is -2.65. The number of aliphatic hydroxyl groups is 1. The Kier molecular flexibility index (Phi) is 5.26. The zero-order valence-corrected chi connectivity index (χ0v) is 10.7. The highest BCUT2D eigenvalue weighted by molar-refractivity contribution is 7.90. The summed E-state index contributed by atoms with van der Waals surface area (Å²) in [5.74, 6) is -14.6. The average Bonchev–Trinajstić information content (AvgIpc) is 2.24. The van der Waals surface area contributed by atoms with Gasteiger partial charge in [0.15, 0.2) is 0 Å². The minimum atomic E-state index is -7.30. The maximum atomic E-state index is 13.0. The van der Waals surface area contributed by atoms with Crippen LogP contribution in [0.3, 0.4) is 0 Å². The van der Waals surface area contributed by atoms with Gasteiger partial charge in [-0.25, -0.2) is 13.1 Å². The highest BCUT2D eigenvalue weighted by atomic mass is 32.2. The van der Waals surface area contributed by atoms with Crippen molar-refractivity contribution in [2.45, 2.75) is 36.3 Å². The third-order valence-electron chi connectivity index (χ3n) is 2.02. The van der Waals surface area contributed by atoms with Crippen molar-refractivity contribution < 1.29 is 53.0 Å². The van der Waals surface area contributed by atoms with E-state index in [4.69, 9.17) is 5.11 Å².